The van der Waals surface area contributed by atoms with Crippen LogP contribution in [-0.4, -0.2) is 28.5 Å². The monoisotopic (exact) mass is 249 g/mol. The second-order valence-corrected chi connectivity index (χ2v) is 3.59. The van der Waals surface area contributed by atoms with E-state index in [2.05, 4.69) is 5.32 Å². The molecule has 6 heteroatoms. The zero-order valence-corrected chi connectivity index (χ0v) is 9.60. The molecule has 1 amide bonds. The minimum absolute atomic E-state index is 0.221. The number of benzene rings is 1. The standard InChI is InChI=1S/C12H11NO5/c1-7(14)13-9-4-2-8(3-5-9)10(15)6-11(16)12(17)18/h2-5H,6H2,1H3,(H,13,14)(H,17,18). The maximum absolute atomic E-state index is 11.5. The smallest absolute Gasteiger partial charge is 0.372 e. The highest BCUT2D eigenvalue weighted by molar-refractivity contribution is 6.37. The van der Waals surface area contributed by atoms with E-state index >= 15 is 0 Å². The van der Waals surface area contributed by atoms with Crippen LogP contribution >= 0.6 is 0 Å². The number of hydrogen-bond donors (Lipinski definition) is 2. The largest absolute Gasteiger partial charge is 0.475 e. The molecule has 1 rings (SSSR count). The van der Waals surface area contributed by atoms with Gasteiger partial charge in [0.05, 0.1) is 6.42 Å². The van der Waals surface area contributed by atoms with Gasteiger partial charge in [0, 0.05) is 18.2 Å². The Balaban J connectivity index is 2.73. The molecule has 94 valence electrons. The summed E-state index contributed by atoms with van der Waals surface area (Å²) in [7, 11) is 0. The summed E-state index contributed by atoms with van der Waals surface area (Å²) in [6.45, 7) is 1.35. The van der Waals surface area contributed by atoms with E-state index in [1.165, 1.54) is 31.2 Å². The summed E-state index contributed by atoms with van der Waals surface area (Å²) >= 11 is 0. The second-order valence-electron chi connectivity index (χ2n) is 3.59. The topological polar surface area (TPSA) is 101 Å². The molecule has 2 N–H and O–H groups in total. The van der Waals surface area contributed by atoms with Gasteiger partial charge in [0.25, 0.3) is 0 Å². The Kier molecular flexibility index (Phi) is 4.31. The number of carboxylic acid groups (broad SMARTS) is 1. The number of hydrogen-bond acceptors (Lipinski definition) is 4. The van der Waals surface area contributed by atoms with Crippen molar-refractivity contribution in [2.75, 3.05) is 5.32 Å². The van der Waals surface area contributed by atoms with E-state index in [0.717, 1.165) is 0 Å². The molecule has 1 aromatic carbocycles. The highest BCUT2D eigenvalue weighted by Gasteiger charge is 2.17. The van der Waals surface area contributed by atoms with Gasteiger partial charge in [0.1, 0.15) is 0 Å². The van der Waals surface area contributed by atoms with Gasteiger partial charge in [-0.05, 0) is 24.3 Å². The van der Waals surface area contributed by atoms with Gasteiger partial charge in [-0.3, -0.25) is 14.4 Å². The molecular formula is C12H11NO5. The maximum atomic E-state index is 11.5. The number of rotatable bonds is 5. The molecule has 0 radical (unpaired) electrons. The third-order valence-electron chi connectivity index (χ3n) is 2.09. The van der Waals surface area contributed by atoms with Crippen molar-refractivity contribution >= 4 is 29.1 Å². The Hall–Kier alpha value is -2.50. The fraction of sp³-hybridized carbons (Fsp3) is 0.167. The zero-order chi connectivity index (χ0) is 13.7. The van der Waals surface area contributed by atoms with Gasteiger partial charge in [-0.2, -0.15) is 0 Å². The third kappa shape index (κ3) is 3.82. The van der Waals surface area contributed by atoms with Crippen LogP contribution < -0.4 is 5.32 Å². The van der Waals surface area contributed by atoms with Crippen molar-refractivity contribution in [3.63, 3.8) is 0 Å². The first-order valence-corrected chi connectivity index (χ1v) is 5.07. The van der Waals surface area contributed by atoms with Crippen LogP contribution in [0.4, 0.5) is 5.69 Å². The Morgan fingerprint density at radius 3 is 2.11 bits per heavy atom. The van der Waals surface area contributed by atoms with Crippen molar-refractivity contribution in [3.8, 4) is 0 Å². The van der Waals surface area contributed by atoms with Crippen LogP contribution in [-0.2, 0) is 14.4 Å². The van der Waals surface area contributed by atoms with E-state index in [-0.39, 0.29) is 11.5 Å². The first-order valence-electron chi connectivity index (χ1n) is 5.07. The van der Waals surface area contributed by atoms with E-state index in [1.54, 1.807) is 0 Å². The summed E-state index contributed by atoms with van der Waals surface area (Å²) in [6.07, 6.45) is -0.672. The Labute approximate surface area is 103 Å². The van der Waals surface area contributed by atoms with Crippen LogP contribution in [0.2, 0.25) is 0 Å². The van der Waals surface area contributed by atoms with E-state index in [1.807, 2.05) is 0 Å². The van der Waals surface area contributed by atoms with Gasteiger partial charge < -0.3 is 10.4 Å². The summed E-state index contributed by atoms with van der Waals surface area (Å²) in [6, 6.07) is 5.84. The molecule has 0 saturated heterocycles. The number of nitrogens with one attached hydrogen (secondary N) is 1. The summed E-state index contributed by atoms with van der Waals surface area (Å²) in [5.74, 6) is -3.59. The van der Waals surface area contributed by atoms with Crippen molar-refractivity contribution in [2.45, 2.75) is 13.3 Å². The lowest BCUT2D eigenvalue weighted by Gasteiger charge is -2.03. The minimum Gasteiger partial charge on any atom is -0.475 e. The Bertz CT molecular complexity index is 504. The van der Waals surface area contributed by atoms with Gasteiger partial charge in [0.15, 0.2) is 5.78 Å². The molecule has 18 heavy (non-hydrogen) atoms. The predicted octanol–water partition coefficient (Wildman–Crippen LogP) is 0.871. The average Bonchev–Trinajstić information content (AvgIpc) is 2.28. The van der Waals surface area contributed by atoms with Crippen LogP contribution in [0.5, 0.6) is 0 Å². The van der Waals surface area contributed by atoms with Crippen molar-refractivity contribution < 1.29 is 24.3 Å². The summed E-state index contributed by atoms with van der Waals surface area (Å²) in [5, 5.41) is 10.9. The lowest BCUT2D eigenvalue weighted by Crippen LogP contribution is -2.17. The van der Waals surface area contributed by atoms with Crippen LogP contribution in [0.3, 0.4) is 0 Å². The quantitative estimate of drug-likeness (QED) is 0.458. The number of aliphatic carboxylic acids is 1. The molecule has 0 unspecified atom stereocenters. The number of anilines is 1. The summed E-state index contributed by atoms with van der Waals surface area (Å²) in [5.41, 5.74) is 0.738. The van der Waals surface area contributed by atoms with E-state index in [4.69, 9.17) is 5.11 Å². The van der Waals surface area contributed by atoms with Crippen LogP contribution in [0, 0.1) is 0 Å². The fourth-order valence-electron chi connectivity index (χ4n) is 1.27. The molecule has 0 aliphatic heterocycles. The van der Waals surface area contributed by atoms with E-state index in [0.29, 0.717) is 5.69 Å². The molecule has 0 aliphatic carbocycles. The van der Waals surface area contributed by atoms with Crippen LogP contribution in [0.1, 0.15) is 23.7 Å². The second kappa shape index (κ2) is 5.72. The molecule has 6 nitrogen and oxygen atoms in total. The van der Waals surface area contributed by atoms with Gasteiger partial charge in [-0.1, -0.05) is 0 Å². The van der Waals surface area contributed by atoms with Gasteiger partial charge >= 0.3 is 5.97 Å². The lowest BCUT2D eigenvalue weighted by molar-refractivity contribution is -0.148. The highest BCUT2D eigenvalue weighted by atomic mass is 16.4. The molecule has 0 spiro atoms. The Morgan fingerprint density at radius 1 is 1.11 bits per heavy atom. The Morgan fingerprint density at radius 2 is 1.67 bits per heavy atom. The first kappa shape index (κ1) is 13.6. The molecule has 0 heterocycles. The van der Waals surface area contributed by atoms with Crippen molar-refractivity contribution in [1.82, 2.24) is 0 Å². The number of Topliss-reactive ketones (excluding diaryl/α,β-unsaturated/α-hetero) is 2. The summed E-state index contributed by atoms with van der Waals surface area (Å²) in [4.78, 5) is 43.4. The maximum Gasteiger partial charge on any atom is 0.372 e. The first-order chi connectivity index (χ1) is 8.40. The predicted molar refractivity (Wildman–Crippen MR) is 62.3 cm³/mol. The average molecular weight is 249 g/mol. The fourth-order valence-corrected chi connectivity index (χ4v) is 1.27. The molecule has 0 bridgehead atoms. The van der Waals surface area contributed by atoms with Crippen LogP contribution in [0.15, 0.2) is 24.3 Å². The molecular weight excluding hydrogens is 238 g/mol. The molecule has 0 aliphatic rings. The van der Waals surface area contributed by atoms with Crippen molar-refractivity contribution in [1.29, 1.82) is 0 Å². The highest BCUT2D eigenvalue weighted by Crippen LogP contribution is 2.11. The molecule has 0 atom stereocenters. The SMILES string of the molecule is CC(=O)Nc1ccc(C(=O)CC(=O)C(=O)O)cc1. The molecule has 0 aromatic heterocycles. The van der Waals surface area contributed by atoms with Gasteiger partial charge in [-0.25, -0.2) is 4.79 Å². The minimum atomic E-state index is -1.63. The molecule has 0 saturated carbocycles. The number of ketones is 2. The molecule has 1 aromatic rings. The normalized spacial score (nSPS) is 9.61. The van der Waals surface area contributed by atoms with Crippen LogP contribution in [0.25, 0.3) is 0 Å². The number of amides is 1. The van der Waals surface area contributed by atoms with Crippen molar-refractivity contribution in [3.05, 3.63) is 29.8 Å². The third-order valence-corrected chi connectivity index (χ3v) is 2.09. The summed E-state index contributed by atoms with van der Waals surface area (Å²) < 4.78 is 0. The number of carbonyl (C=O) groups is 4. The number of carbonyl (C=O) groups excluding carboxylic acids is 3. The van der Waals surface area contributed by atoms with E-state index < -0.39 is 24.0 Å². The van der Waals surface area contributed by atoms with E-state index in [9.17, 15) is 19.2 Å². The van der Waals surface area contributed by atoms with Crippen molar-refractivity contribution in [2.24, 2.45) is 0 Å². The van der Waals surface area contributed by atoms with Gasteiger partial charge in [0.2, 0.25) is 11.7 Å². The number of carboxylic acids is 1. The molecule has 0 fully saturated rings. The lowest BCUT2D eigenvalue weighted by atomic mass is 10.1. The van der Waals surface area contributed by atoms with Gasteiger partial charge in [-0.15, -0.1) is 0 Å². The zero-order valence-electron chi connectivity index (χ0n) is 9.60.